The minimum atomic E-state index is -0.482. The molecule has 1 saturated heterocycles. The van der Waals surface area contributed by atoms with Crippen molar-refractivity contribution in [2.45, 2.75) is 18.9 Å². The molecule has 0 aliphatic carbocycles. The van der Waals surface area contributed by atoms with Gasteiger partial charge >= 0.3 is 0 Å². The Balaban J connectivity index is 1.69. The van der Waals surface area contributed by atoms with E-state index >= 15 is 0 Å². The zero-order valence-corrected chi connectivity index (χ0v) is 17.0. The van der Waals surface area contributed by atoms with Gasteiger partial charge < -0.3 is 21.7 Å². The third-order valence-corrected chi connectivity index (χ3v) is 5.36. The van der Waals surface area contributed by atoms with Crippen LogP contribution in [-0.4, -0.2) is 40.8 Å². The van der Waals surface area contributed by atoms with Crippen molar-refractivity contribution in [1.82, 2.24) is 9.97 Å². The number of hydrogen-bond donors (Lipinski definition) is 3. The molecule has 158 valence electrons. The fourth-order valence-corrected chi connectivity index (χ4v) is 3.65. The van der Waals surface area contributed by atoms with E-state index in [4.69, 9.17) is 11.5 Å². The number of rotatable bonds is 5. The van der Waals surface area contributed by atoms with E-state index in [0.717, 1.165) is 31.6 Å². The summed E-state index contributed by atoms with van der Waals surface area (Å²) in [5.41, 5.74) is 14.3. The highest BCUT2D eigenvalue weighted by Crippen LogP contribution is 2.31. The quantitative estimate of drug-likeness (QED) is 0.545. The molecule has 0 atom stereocenters. The number of carbonyl (C=O) groups is 2. The topological polar surface area (TPSA) is 127 Å². The van der Waals surface area contributed by atoms with Crippen LogP contribution < -0.4 is 21.7 Å². The molecule has 2 aromatic carbocycles. The fourth-order valence-electron chi connectivity index (χ4n) is 3.65. The number of hydrogen-bond acceptors (Lipinski definition) is 7. The van der Waals surface area contributed by atoms with Gasteiger partial charge in [0.2, 0.25) is 0 Å². The molecule has 1 aliphatic rings. The largest absolute Gasteiger partial charge is 0.382 e. The molecule has 4 rings (SSSR count). The van der Waals surface area contributed by atoms with Crippen LogP contribution in [0.1, 0.15) is 39.3 Å². The van der Waals surface area contributed by atoms with Gasteiger partial charge in [0.15, 0.2) is 17.3 Å². The number of nitrogen functional groups attached to an aromatic ring is 1. The number of piperidine rings is 1. The van der Waals surface area contributed by atoms with E-state index in [0.29, 0.717) is 16.8 Å². The number of ketones is 1. The first kappa shape index (κ1) is 20.5. The van der Waals surface area contributed by atoms with Gasteiger partial charge in [-0.1, -0.05) is 30.3 Å². The van der Waals surface area contributed by atoms with Crippen molar-refractivity contribution < 1.29 is 9.59 Å². The van der Waals surface area contributed by atoms with E-state index in [-0.39, 0.29) is 23.3 Å². The van der Waals surface area contributed by atoms with E-state index in [2.05, 4.69) is 20.2 Å². The van der Waals surface area contributed by atoms with Crippen LogP contribution in [0.3, 0.4) is 0 Å². The second-order valence-corrected chi connectivity index (χ2v) is 7.50. The maximum absolute atomic E-state index is 13.0. The van der Waals surface area contributed by atoms with Crippen LogP contribution in [0.5, 0.6) is 0 Å². The molecule has 8 heteroatoms. The molecule has 1 aromatic heterocycles. The minimum Gasteiger partial charge on any atom is -0.382 e. The summed E-state index contributed by atoms with van der Waals surface area (Å²) in [4.78, 5) is 35.9. The first-order chi connectivity index (χ1) is 15.0. The van der Waals surface area contributed by atoms with Crippen LogP contribution in [0.25, 0.3) is 0 Å². The molecule has 5 N–H and O–H groups in total. The van der Waals surface area contributed by atoms with Crippen molar-refractivity contribution in [3.63, 3.8) is 0 Å². The van der Waals surface area contributed by atoms with Gasteiger partial charge in [0.05, 0.1) is 11.4 Å². The van der Waals surface area contributed by atoms with Crippen molar-refractivity contribution in [2.75, 3.05) is 29.0 Å². The number of benzene rings is 2. The van der Waals surface area contributed by atoms with Crippen molar-refractivity contribution in [3.8, 4) is 0 Å². The summed E-state index contributed by atoms with van der Waals surface area (Å²) in [5.74, 6) is -0.561. The lowest BCUT2D eigenvalue weighted by Crippen LogP contribution is -2.40. The Morgan fingerprint density at radius 3 is 2.39 bits per heavy atom. The van der Waals surface area contributed by atoms with Crippen LogP contribution in [-0.2, 0) is 0 Å². The molecule has 0 radical (unpaired) electrons. The highest BCUT2D eigenvalue weighted by Gasteiger charge is 2.22. The number of carbonyl (C=O) groups excluding carboxylic acids is 2. The van der Waals surface area contributed by atoms with Gasteiger partial charge in [-0.05, 0) is 31.0 Å². The molecule has 3 aromatic rings. The average molecular weight is 416 g/mol. The van der Waals surface area contributed by atoms with E-state index in [1.165, 1.54) is 12.4 Å². The van der Waals surface area contributed by atoms with Gasteiger partial charge in [0.1, 0.15) is 0 Å². The van der Waals surface area contributed by atoms with E-state index in [1.54, 1.807) is 24.3 Å². The Morgan fingerprint density at radius 2 is 1.68 bits per heavy atom. The maximum atomic E-state index is 13.0. The van der Waals surface area contributed by atoms with Crippen LogP contribution >= 0.6 is 0 Å². The molecule has 31 heavy (non-hydrogen) atoms. The fraction of sp³-hybridized carbons (Fsp3) is 0.217. The number of aromatic nitrogens is 2. The summed E-state index contributed by atoms with van der Waals surface area (Å²) in [7, 11) is 0. The Morgan fingerprint density at radius 1 is 0.968 bits per heavy atom. The van der Waals surface area contributed by atoms with Gasteiger partial charge in [-0.25, -0.2) is 9.97 Å². The van der Waals surface area contributed by atoms with Crippen LogP contribution in [0.15, 0.2) is 60.9 Å². The van der Waals surface area contributed by atoms with Gasteiger partial charge in [-0.15, -0.1) is 0 Å². The van der Waals surface area contributed by atoms with Crippen LogP contribution in [0.4, 0.5) is 17.2 Å². The van der Waals surface area contributed by atoms with Gasteiger partial charge in [-0.2, -0.15) is 0 Å². The van der Waals surface area contributed by atoms with Gasteiger partial charge in [0, 0.05) is 42.7 Å². The molecular weight excluding hydrogens is 392 g/mol. The lowest BCUT2D eigenvalue weighted by atomic mass is 10.0. The molecule has 0 saturated carbocycles. The van der Waals surface area contributed by atoms with E-state index < -0.39 is 5.91 Å². The lowest BCUT2D eigenvalue weighted by Gasteiger charge is -2.33. The molecule has 1 fully saturated rings. The zero-order valence-electron chi connectivity index (χ0n) is 17.0. The first-order valence-corrected chi connectivity index (χ1v) is 10.1. The van der Waals surface area contributed by atoms with Crippen molar-refractivity contribution >= 4 is 28.9 Å². The Kier molecular flexibility index (Phi) is 5.90. The molecule has 1 aliphatic heterocycles. The summed E-state index contributed by atoms with van der Waals surface area (Å²) < 4.78 is 0. The standard InChI is InChI=1S/C23H24N6O2/c24-17-8-12-29(13-9-17)19-7-6-16(21(30)15-4-2-1-3-5-15)14-18(19)28-23(31)20-22(25)27-11-10-26-20/h1-7,10-11,14,17H,8-9,12-13,24H2,(H2,25,27)(H,28,31). The highest BCUT2D eigenvalue weighted by molar-refractivity contribution is 6.12. The van der Waals surface area contributed by atoms with E-state index in [9.17, 15) is 9.59 Å². The number of nitrogens with two attached hydrogens (primary N) is 2. The average Bonchev–Trinajstić information content (AvgIpc) is 2.80. The molecule has 2 heterocycles. The number of amides is 1. The first-order valence-electron chi connectivity index (χ1n) is 10.1. The van der Waals surface area contributed by atoms with Gasteiger partial charge in [-0.3, -0.25) is 9.59 Å². The summed E-state index contributed by atoms with van der Waals surface area (Å²) in [6, 6.07) is 14.5. The SMILES string of the molecule is Nc1nccnc1C(=O)Nc1cc(C(=O)c2ccccc2)ccc1N1CCC(N)CC1. The van der Waals surface area contributed by atoms with E-state index in [1.807, 2.05) is 24.3 Å². The molecule has 0 unspecified atom stereocenters. The summed E-state index contributed by atoms with van der Waals surface area (Å²) in [6.45, 7) is 1.53. The summed E-state index contributed by atoms with van der Waals surface area (Å²) in [5, 5.41) is 2.88. The predicted octanol–water partition coefficient (Wildman–Crippen LogP) is 2.47. The molecular formula is C23H24N6O2. The second kappa shape index (κ2) is 8.93. The van der Waals surface area contributed by atoms with Crippen LogP contribution in [0, 0.1) is 0 Å². The molecule has 8 nitrogen and oxygen atoms in total. The highest BCUT2D eigenvalue weighted by atomic mass is 16.2. The van der Waals surface area contributed by atoms with Gasteiger partial charge in [0.25, 0.3) is 5.91 Å². The maximum Gasteiger partial charge on any atom is 0.278 e. The summed E-state index contributed by atoms with van der Waals surface area (Å²) >= 11 is 0. The van der Waals surface area contributed by atoms with Crippen molar-refractivity contribution in [1.29, 1.82) is 0 Å². The third-order valence-electron chi connectivity index (χ3n) is 5.36. The lowest BCUT2D eigenvalue weighted by molar-refractivity contribution is 0.101. The smallest absolute Gasteiger partial charge is 0.278 e. The predicted molar refractivity (Wildman–Crippen MR) is 120 cm³/mol. The third kappa shape index (κ3) is 4.54. The number of nitrogens with zero attached hydrogens (tertiary/aromatic N) is 3. The molecule has 0 spiro atoms. The normalized spacial score (nSPS) is 14.3. The Hall–Kier alpha value is -3.78. The Bertz CT molecular complexity index is 1090. The number of anilines is 3. The zero-order chi connectivity index (χ0) is 21.8. The monoisotopic (exact) mass is 416 g/mol. The van der Waals surface area contributed by atoms with Crippen LogP contribution in [0.2, 0.25) is 0 Å². The minimum absolute atomic E-state index is 0.0360. The molecule has 0 bridgehead atoms. The Labute approximate surface area is 180 Å². The second-order valence-electron chi connectivity index (χ2n) is 7.50. The van der Waals surface area contributed by atoms with Crippen molar-refractivity contribution in [2.24, 2.45) is 5.73 Å². The number of nitrogens with one attached hydrogen (secondary N) is 1. The molecule has 1 amide bonds. The van der Waals surface area contributed by atoms with Crippen molar-refractivity contribution in [3.05, 3.63) is 77.7 Å². The summed E-state index contributed by atoms with van der Waals surface area (Å²) in [6.07, 6.45) is 4.55.